The molecule has 0 aliphatic rings. The third-order valence-electron chi connectivity index (χ3n) is 4.09. The number of amides is 1. The summed E-state index contributed by atoms with van der Waals surface area (Å²) in [6, 6.07) is 11.7. The van der Waals surface area contributed by atoms with Gasteiger partial charge in [-0.25, -0.2) is 4.98 Å². The quantitative estimate of drug-likeness (QED) is 0.698. The van der Waals surface area contributed by atoms with Crippen LogP contribution < -0.4 is 11.1 Å². The molecule has 1 amide bonds. The van der Waals surface area contributed by atoms with Crippen LogP contribution in [-0.4, -0.2) is 21.8 Å². The summed E-state index contributed by atoms with van der Waals surface area (Å²) in [7, 11) is 0. The smallest absolute Gasteiger partial charge is 0.399 e. The summed E-state index contributed by atoms with van der Waals surface area (Å²) in [5, 5.41) is 2.75. The van der Waals surface area contributed by atoms with Crippen molar-refractivity contribution in [1.29, 1.82) is 0 Å². The Kier molecular flexibility index (Phi) is 4.58. The van der Waals surface area contributed by atoms with Gasteiger partial charge in [0.05, 0.1) is 0 Å². The van der Waals surface area contributed by atoms with Gasteiger partial charge < -0.3 is 11.1 Å². The first-order chi connectivity index (χ1) is 12.3. The zero-order chi connectivity index (χ0) is 18.9. The predicted molar refractivity (Wildman–Crippen MR) is 91.8 cm³/mol. The molecule has 0 saturated heterocycles. The highest BCUT2D eigenvalue weighted by atomic mass is 19.4. The lowest BCUT2D eigenvalue weighted by Gasteiger charge is -2.14. The number of rotatable bonds is 4. The van der Waals surface area contributed by atoms with Gasteiger partial charge in [0.25, 0.3) is 5.91 Å². The molecule has 2 aromatic heterocycles. The largest absolute Gasteiger partial charge is 0.434 e. The molecule has 3 aromatic rings. The number of fused-ring (bicyclic) bond motifs is 1. The highest BCUT2D eigenvalue weighted by Gasteiger charge is 2.34. The van der Waals surface area contributed by atoms with Crippen molar-refractivity contribution in [1.82, 2.24) is 14.7 Å². The lowest BCUT2D eigenvalue weighted by molar-refractivity contribution is -0.140. The standard InChI is InChI=1S/C18H17F3N4O/c1-11(12-5-7-13(22)8-6-12)9-23-17(26)14-3-2-4-16-24-15(10-25(14)16)18(19,20)21/h2-8,10-11H,9,22H2,1H3,(H,23,26). The second kappa shape index (κ2) is 6.70. The van der Waals surface area contributed by atoms with Crippen molar-refractivity contribution in [2.24, 2.45) is 0 Å². The number of anilines is 1. The summed E-state index contributed by atoms with van der Waals surface area (Å²) in [5.74, 6) is -0.448. The number of alkyl halides is 3. The van der Waals surface area contributed by atoms with Crippen molar-refractivity contribution < 1.29 is 18.0 Å². The number of halogens is 3. The number of pyridine rings is 1. The molecule has 5 nitrogen and oxygen atoms in total. The van der Waals surface area contributed by atoms with Crippen LogP contribution >= 0.6 is 0 Å². The van der Waals surface area contributed by atoms with Crippen molar-refractivity contribution in [3.63, 3.8) is 0 Å². The van der Waals surface area contributed by atoms with Crippen LogP contribution in [0.5, 0.6) is 0 Å². The van der Waals surface area contributed by atoms with Crippen molar-refractivity contribution in [3.05, 3.63) is 65.6 Å². The Bertz CT molecular complexity index is 932. The summed E-state index contributed by atoms with van der Waals surface area (Å²) < 4.78 is 39.7. The molecular formula is C18H17F3N4O. The van der Waals surface area contributed by atoms with Gasteiger partial charge in [-0.1, -0.05) is 25.1 Å². The molecule has 0 aliphatic carbocycles. The number of benzene rings is 1. The number of carbonyl (C=O) groups is 1. The number of imidazole rings is 1. The molecule has 26 heavy (non-hydrogen) atoms. The molecule has 1 atom stereocenters. The minimum absolute atomic E-state index is 0.0206. The molecule has 0 radical (unpaired) electrons. The molecule has 0 bridgehead atoms. The highest BCUT2D eigenvalue weighted by molar-refractivity contribution is 5.93. The summed E-state index contributed by atoms with van der Waals surface area (Å²) in [6.07, 6.45) is -3.74. The molecule has 0 saturated carbocycles. The van der Waals surface area contributed by atoms with E-state index in [9.17, 15) is 18.0 Å². The fourth-order valence-electron chi connectivity index (χ4n) is 2.61. The summed E-state index contributed by atoms with van der Waals surface area (Å²) in [5.41, 5.74) is 6.43. The second-order valence-corrected chi connectivity index (χ2v) is 6.04. The summed E-state index contributed by atoms with van der Waals surface area (Å²) in [6.45, 7) is 2.27. The van der Waals surface area contributed by atoms with Crippen LogP contribution in [0.1, 0.15) is 34.6 Å². The van der Waals surface area contributed by atoms with E-state index in [4.69, 9.17) is 5.73 Å². The van der Waals surface area contributed by atoms with E-state index >= 15 is 0 Å². The third kappa shape index (κ3) is 3.63. The number of nitrogens with two attached hydrogens (primary N) is 1. The lowest BCUT2D eigenvalue weighted by atomic mass is 10.0. The van der Waals surface area contributed by atoms with E-state index < -0.39 is 17.8 Å². The van der Waals surface area contributed by atoms with Gasteiger partial charge in [0.2, 0.25) is 0 Å². The Balaban J connectivity index is 1.77. The van der Waals surface area contributed by atoms with Crippen molar-refractivity contribution in [3.8, 4) is 0 Å². The maximum absolute atomic E-state index is 12.8. The molecule has 136 valence electrons. The average molecular weight is 362 g/mol. The Hall–Kier alpha value is -3.03. The molecule has 0 fully saturated rings. The van der Waals surface area contributed by atoms with Gasteiger partial charge in [-0.2, -0.15) is 13.2 Å². The van der Waals surface area contributed by atoms with Gasteiger partial charge in [-0.15, -0.1) is 0 Å². The first kappa shape index (κ1) is 17.8. The predicted octanol–water partition coefficient (Wildman–Crippen LogP) is 3.47. The van der Waals surface area contributed by atoms with Gasteiger partial charge in [0.1, 0.15) is 11.3 Å². The molecule has 0 aliphatic heterocycles. The zero-order valence-electron chi connectivity index (χ0n) is 13.9. The van der Waals surface area contributed by atoms with Gasteiger partial charge >= 0.3 is 6.18 Å². The monoisotopic (exact) mass is 362 g/mol. The first-order valence-corrected chi connectivity index (χ1v) is 7.94. The topological polar surface area (TPSA) is 72.4 Å². The number of hydrogen-bond donors (Lipinski definition) is 2. The van der Waals surface area contributed by atoms with Crippen LogP contribution in [0.15, 0.2) is 48.7 Å². The minimum atomic E-state index is -4.57. The van der Waals surface area contributed by atoms with Crippen LogP contribution in [0.3, 0.4) is 0 Å². The van der Waals surface area contributed by atoms with E-state index in [2.05, 4.69) is 10.3 Å². The average Bonchev–Trinajstić information content (AvgIpc) is 3.04. The van der Waals surface area contributed by atoms with Gasteiger partial charge in [-0.3, -0.25) is 9.20 Å². The normalized spacial score (nSPS) is 12.9. The molecule has 1 unspecified atom stereocenters. The lowest BCUT2D eigenvalue weighted by Crippen LogP contribution is -2.29. The maximum atomic E-state index is 12.8. The van der Waals surface area contributed by atoms with Gasteiger partial charge in [0, 0.05) is 18.4 Å². The third-order valence-corrected chi connectivity index (χ3v) is 4.09. The summed E-state index contributed by atoms with van der Waals surface area (Å²) >= 11 is 0. The second-order valence-electron chi connectivity index (χ2n) is 6.04. The molecule has 1 aromatic carbocycles. The van der Waals surface area contributed by atoms with Crippen LogP contribution in [-0.2, 0) is 6.18 Å². The van der Waals surface area contributed by atoms with Gasteiger partial charge in [-0.05, 0) is 35.7 Å². The van der Waals surface area contributed by atoms with E-state index in [1.165, 1.54) is 18.2 Å². The molecule has 3 N–H and O–H groups in total. The molecule has 0 spiro atoms. The van der Waals surface area contributed by atoms with Crippen LogP contribution in [0.25, 0.3) is 5.65 Å². The molecular weight excluding hydrogens is 345 g/mol. The van der Waals surface area contributed by atoms with E-state index in [1.807, 2.05) is 19.1 Å². The number of nitrogens with zero attached hydrogens (tertiary/aromatic N) is 2. The SMILES string of the molecule is CC(CNC(=O)c1cccc2nc(C(F)(F)F)cn12)c1ccc(N)cc1. The first-order valence-electron chi connectivity index (χ1n) is 7.94. The summed E-state index contributed by atoms with van der Waals surface area (Å²) in [4.78, 5) is 16.0. The molecule has 2 heterocycles. The van der Waals surface area contributed by atoms with E-state index in [-0.39, 0.29) is 17.3 Å². The number of carbonyl (C=O) groups excluding carboxylic acids is 1. The number of nitrogens with one attached hydrogen (secondary N) is 1. The van der Waals surface area contributed by atoms with Crippen LogP contribution in [0.2, 0.25) is 0 Å². The number of hydrogen-bond acceptors (Lipinski definition) is 3. The van der Waals surface area contributed by atoms with Crippen LogP contribution in [0.4, 0.5) is 18.9 Å². The Labute approximate surface area is 147 Å². The van der Waals surface area contributed by atoms with E-state index in [0.29, 0.717) is 12.2 Å². The zero-order valence-corrected chi connectivity index (χ0v) is 13.9. The molecule has 3 rings (SSSR count). The highest BCUT2D eigenvalue weighted by Crippen LogP contribution is 2.28. The van der Waals surface area contributed by atoms with Crippen molar-refractivity contribution in [2.45, 2.75) is 19.0 Å². The Morgan fingerprint density at radius 2 is 1.92 bits per heavy atom. The Morgan fingerprint density at radius 3 is 2.58 bits per heavy atom. The van der Waals surface area contributed by atoms with Crippen molar-refractivity contribution >= 4 is 17.2 Å². The fraction of sp³-hybridized carbons (Fsp3) is 0.222. The minimum Gasteiger partial charge on any atom is -0.399 e. The van der Waals surface area contributed by atoms with Gasteiger partial charge in [0.15, 0.2) is 5.69 Å². The van der Waals surface area contributed by atoms with Crippen molar-refractivity contribution in [2.75, 3.05) is 12.3 Å². The number of aromatic nitrogens is 2. The fourth-order valence-corrected chi connectivity index (χ4v) is 2.61. The van der Waals surface area contributed by atoms with Crippen LogP contribution in [0, 0.1) is 0 Å². The van der Waals surface area contributed by atoms with E-state index in [0.717, 1.165) is 16.2 Å². The van der Waals surface area contributed by atoms with E-state index in [1.54, 1.807) is 12.1 Å². The maximum Gasteiger partial charge on any atom is 0.434 e. The molecule has 8 heteroatoms. The Morgan fingerprint density at radius 1 is 1.23 bits per heavy atom. The number of nitrogen functional groups attached to an aromatic ring is 1.